The lowest BCUT2D eigenvalue weighted by Crippen LogP contribution is -2.39. The van der Waals surface area contributed by atoms with Crippen molar-refractivity contribution < 1.29 is 23.8 Å². The Balaban J connectivity index is 1.61. The van der Waals surface area contributed by atoms with Crippen molar-refractivity contribution in [3.05, 3.63) is 47.8 Å². The fraction of sp³-hybridized carbons (Fsp3) is 0.375. The first-order valence-corrected chi connectivity index (χ1v) is 7.13. The van der Waals surface area contributed by atoms with Gasteiger partial charge in [0.2, 0.25) is 5.91 Å². The van der Waals surface area contributed by atoms with E-state index in [0.29, 0.717) is 13.1 Å². The molecule has 2 fully saturated rings. The number of ether oxygens (including phenoxy) is 1. The standard InChI is InChI=1S/C16H14FNO4/c17-10-3-1-9(2-4-10)7-18-8-16-6-5-11(22-16)12(15(20)21)13(16)14(18)19/h1-6,11-13H,7-8H2,(H,20,21)/t11-,12+,13+,16+/m0/s1. The van der Waals surface area contributed by atoms with E-state index in [-0.39, 0.29) is 11.7 Å². The molecule has 114 valence electrons. The van der Waals surface area contributed by atoms with E-state index in [1.165, 1.54) is 12.1 Å². The highest BCUT2D eigenvalue weighted by Crippen LogP contribution is 2.52. The van der Waals surface area contributed by atoms with Gasteiger partial charge < -0.3 is 14.7 Å². The van der Waals surface area contributed by atoms with E-state index in [2.05, 4.69) is 0 Å². The molecule has 2 bridgehead atoms. The predicted molar refractivity (Wildman–Crippen MR) is 73.2 cm³/mol. The van der Waals surface area contributed by atoms with E-state index in [9.17, 15) is 19.1 Å². The van der Waals surface area contributed by atoms with Crippen LogP contribution in [0.1, 0.15) is 5.56 Å². The van der Waals surface area contributed by atoms with Crippen molar-refractivity contribution in [1.29, 1.82) is 0 Å². The van der Waals surface area contributed by atoms with Gasteiger partial charge in [-0.15, -0.1) is 0 Å². The van der Waals surface area contributed by atoms with Gasteiger partial charge in [-0.25, -0.2) is 4.39 Å². The molecule has 6 heteroatoms. The fourth-order valence-electron chi connectivity index (χ4n) is 3.80. The first-order chi connectivity index (χ1) is 10.5. The Morgan fingerprint density at radius 1 is 1.41 bits per heavy atom. The topological polar surface area (TPSA) is 66.8 Å². The van der Waals surface area contributed by atoms with Crippen LogP contribution in [0.4, 0.5) is 4.39 Å². The Kier molecular flexibility index (Phi) is 2.69. The molecule has 3 heterocycles. The van der Waals surface area contributed by atoms with Gasteiger partial charge >= 0.3 is 5.97 Å². The van der Waals surface area contributed by atoms with E-state index >= 15 is 0 Å². The van der Waals surface area contributed by atoms with E-state index in [1.807, 2.05) is 6.08 Å². The van der Waals surface area contributed by atoms with Crippen LogP contribution in [0.2, 0.25) is 0 Å². The van der Waals surface area contributed by atoms with Crippen molar-refractivity contribution in [2.75, 3.05) is 6.54 Å². The molecule has 1 amide bonds. The zero-order valence-corrected chi connectivity index (χ0v) is 11.6. The van der Waals surface area contributed by atoms with Gasteiger partial charge in [0, 0.05) is 6.54 Å². The number of nitrogens with zero attached hydrogens (tertiary/aromatic N) is 1. The molecule has 0 aromatic heterocycles. The van der Waals surface area contributed by atoms with Crippen LogP contribution in [-0.2, 0) is 20.9 Å². The van der Waals surface area contributed by atoms with Gasteiger partial charge in [0.25, 0.3) is 0 Å². The minimum absolute atomic E-state index is 0.205. The SMILES string of the molecule is O=C(O)[C@@H]1[C@@H]2C=C[C@]3(CN(Cc4ccc(F)cc4)C(=O)[C@@H]13)O2. The number of aliphatic carboxylic acids is 1. The molecule has 4 atom stereocenters. The number of halogens is 1. The molecule has 4 rings (SSSR count). The molecular weight excluding hydrogens is 289 g/mol. The maximum atomic E-state index is 13.0. The van der Waals surface area contributed by atoms with Crippen LogP contribution in [0, 0.1) is 17.7 Å². The van der Waals surface area contributed by atoms with Crippen LogP contribution in [0.5, 0.6) is 0 Å². The number of fused-ring (bicyclic) bond motifs is 1. The van der Waals surface area contributed by atoms with Crippen molar-refractivity contribution in [2.45, 2.75) is 18.2 Å². The van der Waals surface area contributed by atoms with Gasteiger partial charge in [-0.3, -0.25) is 9.59 Å². The van der Waals surface area contributed by atoms with E-state index < -0.39 is 29.5 Å². The highest BCUT2D eigenvalue weighted by molar-refractivity contribution is 5.90. The Hall–Kier alpha value is -2.21. The van der Waals surface area contributed by atoms with Crippen molar-refractivity contribution in [2.24, 2.45) is 11.8 Å². The van der Waals surface area contributed by atoms with Crippen LogP contribution in [0.25, 0.3) is 0 Å². The first kappa shape index (κ1) is 13.5. The minimum Gasteiger partial charge on any atom is -0.481 e. The summed E-state index contributed by atoms with van der Waals surface area (Å²) in [6, 6.07) is 5.93. The molecule has 5 nitrogen and oxygen atoms in total. The zero-order chi connectivity index (χ0) is 15.5. The molecule has 0 radical (unpaired) electrons. The van der Waals surface area contributed by atoms with Crippen molar-refractivity contribution in [1.82, 2.24) is 4.90 Å². The molecule has 1 spiro atoms. The zero-order valence-electron chi connectivity index (χ0n) is 11.6. The second-order valence-electron chi connectivity index (χ2n) is 6.06. The summed E-state index contributed by atoms with van der Waals surface area (Å²) >= 11 is 0. The number of likely N-dealkylation sites (tertiary alicyclic amines) is 1. The summed E-state index contributed by atoms with van der Waals surface area (Å²) in [5.41, 5.74) is -0.0123. The molecule has 2 saturated heterocycles. The summed E-state index contributed by atoms with van der Waals surface area (Å²) in [6.07, 6.45) is 3.05. The molecular formula is C16H14FNO4. The predicted octanol–water partition coefficient (Wildman–Crippen LogP) is 1.19. The van der Waals surface area contributed by atoms with Crippen molar-refractivity contribution in [3.8, 4) is 0 Å². The average Bonchev–Trinajstić information content (AvgIpc) is 3.10. The number of hydrogen-bond donors (Lipinski definition) is 1. The highest BCUT2D eigenvalue weighted by atomic mass is 19.1. The third kappa shape index (κ3) is 1.73. The molecule has 1 aromatic rings. The van der Waals surface area contributed by atoms with Gasteiger partial charge in [-0.1, -0.05) is 24.3 Å². The smallest absolute Gasteiger partial charge is 0.310 e. The van der Waals surface area contributed by atoms with E-state index in [1.54, 1.807) is 23.1 Å². The Labute approximate surface area is 126 Å². The van der Waals surface area contributed by atoms with Gasteiger partial charge in [-0.2, -0.15) is 0 Å². The van der Waals surface area contributed by atoms with E-state index in [4.69, 9.17) is 4.74 Å². The largest absolute Gasteiger partial charge is 0.481 e. The summed E-state index contributed by atoms with van der Waals surface area (Å²) in [5, 5.41) is 9.38. The van der Waals surface area contributed by atoms with Gasteiger partial charge in [0.05, 0.1) is 18.6 Å². The summed E-state index contributed by atoms with van der Waals surface area (Å²) in [6.45, 7) is 0.663. The number of carboxylic acids is 1. The molecule has 0 saturated carbocycles. The van der Waals surface area contributed by atoms with Crippen LogP contribution in [0.15, 0.2) is 36.4 Å². The highest BCUT2D eigenvalue weighted by Gasteiger charge is 2.66. The maximum absolute atomic E-state index is 13.0. The normalized spacial score (nSPS) is 35.2. The van der Waals surface area contributed by atoms with Crippen molar-refractivity contribution >= 4 is 11.9 Å². The quantitative estimate of drug-likeness (QED) is 0.852. The summed E-state index contributed by atoms with van der Waals surface area (Å²) in [4.78, 5) is 25.7. The van der Waals surface area contributed by atoms with Gasteiger partial charge in [0.15, 0.2) is 0 Å². The fourth-order valence-corrected chi connectivity index (χ4v) is 3.80. The summed E-state index contributed by atoms with van der Waals surface area (Å²) in [5.74, 6) is -3.03. The van der Waals surface area contributed by atoms with Crippen LogP contribution >= 0.6 is 0 Å². The monoisotopic (exact) mass is 303 g/mol. The number of carbonyl (C=O) groups is 2. The van der Waals surface area contributed by atoms with E-state index in [0.717, 1.165) is 5.56 Å². The lowest BCUT2D eigenvalue weighted by atomic mass is 9.77. The number of amides is 1. The van der Waals surface area contributed by atoms with Gasteiger partial charge in [0.1, 0.15) is 17.3 Å². The number of rotatable bonds is 3. The molecule has 22 heavy (non-hydrogen) atoms. The molecule has 0 unspecified atom stereocenters. The third-order valence-corrected chi connectivity index (χ3v) is 4.75. The Morgan fingerprint density at radius 2 is 2.14 bits per heavy atom. The molecule has 3 aliphatic rings. The molecule has 1 aromatic carbocycles. The van der Waals surface area contributed by atoms with Crippen LogP contribution in [0.3, 0.4) is 0 Å². The minimum atomic E-state index is -1.00. The van der Waals surface area contributed by atoms with Gasteiger partial charge in [-0.05, 0) is 17.7 Å². The number of benzene rings is 1. The second kappa shape index (κ2) is 4.39. The number of carbonyl (C=O) groups excluding carboxylic acids is 1. The maximum Gasteiger partial charge on any atom is 0.310 e. The molecule has 3 aliphatic heterocycles. The third-order valence-electron chi connectivity index (χ3n) is 4.75. The lowest BCUT2D eigenvalue weighted by molar-refractivity contribution is -0.148. The number of carboxylic acid groups (broad SMARTS) is 1. The number of hydrogen-bond acceptors (Lipinski definition) is 3. The van der Waals surface area contributed by atoms with Crippen LogP contribution < -0.4 is 0 Å². The lowest BCUT2D eigenvalue weighted by Gasteiger charge is -2.21. The second-order valence-corrected chi connectivity index (χ2v) is 6.06. The Morgan fingerprint density at radius 3 is 2.82 bits per heavy atom. The molecule has 1 N–H and O–H groups in total. The first-order valence-electron chi connectivity index (χ1n) is 7.13. The summed E-state index contributed by atoms with van der Waals surface area (Å²) in [7, 11) is 0. The Bertz CT molecular complexity index is 686. The van der Waals surface area contributed by atoms with Crippen LogP contribution in [-0.4, -0.2) is 40.1 Å². The average molecular weight is 303 g/mol. The molecule has 0 aliphatic carbocycles. The van der Waals surface area contributed by atoms with Crippen molar-refractivity contribution in [3.63, 3.8) is 0 Å². The summed E-state index contributed by atoms with van der Waals surface area (Å²) < 4.78 is 18.8.